The van der Waals surface area contributed by atoms with Crippen LogP contribution >= 0.6 is 0 Å². The Morgan fingerprint density at radius 3 is 2.68 bits per heavy atom. The van der Waals surface area contributed by atoms with E-state index in [4.69, 9.17) is 0 Å². The van der Waals surface area contributed by atoms with Crippen molar-refractivity contribution >= 4 is 16.9 Å². The molecule has 2 aromatic rings. The monoisotopic (exact) mass is 260 g/mol. The van der Waals surface area contributed by atoms with E-state index in [9.17, 15) is 0 Å². The molecule has 0 spiro atoms. The molecule has 0 saturated carbocycles. The van der Waals surface area contributed by atoms with Crippen molar-refractivity contribution in [2.75, 3.05) is 38.1 Å². The summed E-state index contributed by atoms with van der Waals surface area (Å²) in [6.07, 6.45) is 4.62. The first-order chi connectivity index (χ1) is 9.29. The van der Waals surface area contributed by atoms with Crippen LogP contribution in [-0.4, -0.2) is 57.9 Å². The summed E-state index contributed by atoms with van der Waals surface area (Å²) in [4.78, 5) is 13.5. The van der Waals surface area contributed by atoms with Crippen molar-refractivity contribution < 1.29 is 0 Å². The minimum absolute atomic E-state index is 0.905. The van der Waals surface area contributed by atoms with Crippen LogP contribution in [0.4, 0.5) is 5.82 Å². The molecule has 0 aromatic carbocycles. The summed E-state index contributed by atoms with van der Waals surface area (Å²) in [6.45, 7) is 7.24. The highest BCUT2D eigenvalue weighted by molar-refractivity contribution is 5.86. The molecule has 3 heterocycles. The summed E-state index contributed by atoms with van der Waals surface area (Å²) in [5.74, 6) is 1.03. The van der Waals surface area contributed by atoms with Gasteiger partial charge in [0.1, 0.15) is 12.1 Å². The average Bonchev–Trinajstić information content (AvgIpc) is 2.84. The molecule has 19 heavy (non-hydrogen) atoms. The van der Waals surface area contributed by atoms with Gasteiger partial charge >= 0.3 is 0 Å². The molecule has 6 nitrogen and oxygen atoms in total. The molecular formula is C13H20N6. The van der Waals surface area contributed by atoms with Crippen LogP contribution in [0.3, 0.4) is 0 Å². The minimum atomic E-state index is 0.905. The summed E-state index contributed by atoms with van der Waals surface area (Å²) < 4.78 is 1.97. The average molecular weight is 260 g/mol. The van der Waals surface area contributed by atoms with Gasteiger partial charge in [0.25, 0.3) is 0 Å². The van der Waals surface area contributed by atoms with E-state index in [0.29, 0.717) is 0 Å². The van der Waals surface area contributed by atoms with E-state index in [1.165, 1.54) is 0 Å². The number of fused-ring (bicyclic) bond motifs is 1. The Labute approximate surface area is 113 Å². The molecule has 3 rings (SSSR count). The maximum Gasteiger partial charge on any atom is 0.163 e. The van der Waals surface area contributed by atoms with Crippen LogP contribution in [0.25, 0.3) is 11.0 Å². The third-order valence-corrected chi connectivity index (χ3v) is 3.65. The van der Waals surface area contributed by atoms with E-state index in [2.05, 4.69) is 38.8 Å². The fourth-order valence-corrected chi connectivity index (χ4v) is 2.53. The summed E-state index contributed by atoms with van der Waals surface area (Å²) in [5.41, 5.74) is 0.950. The summed E-state index contributed by atoms with van der Waals surface area (Å²) in [7, 11) is 2.16. The van der Waals surface area contributed by atoms with Gasteiger partial charge in [-0.05, 0) is 13.5 Å². The number of likely N-dealkylation sites (N-methyl/N-ethyl adjacent to an activating group) is 1. The highest BCUT2D eigenvalue weighted by Crippen LogP contribution is 2.23. The fourth-order valence-electron chi connectivity index (χ4n) is 2.53. The van der Waals surface area contributed by atoms with Gasteiger partial charge in [-0.1, -0.05) is 6.92 Å². The lowest BCUT2D eigenvalue weighted by molar-refractivity contribution is 0.312. The SMILES string of the molecule is CCCn1ncc2c(N3CCN(C)CC3)ncnc21. The third kappa shape index (κ3) is 2.28. The van der Waals surface area contributed by atoms with Crippen molar-refractivity contribution in [2.24, 2.45) is 0 Å². The molecule has 0 N–H and O–H groups in total. The first kappa shape index (κ1) is 12.3. The van der Waals surface area contributed by atoms with E-state index >= 15 is 0 Å². The minimum Gasteiger partial charge on any atom is -0.353 e. The lowest BCUT2D eigenvalue weighted by atomic mass is 10.3. The molecule has 0 radical (unpaired) electrons. The highest BCUT2D eigenvalue weighted by atomic mass is 15.3. The maximum absolute atomic E-state index is 4.47. The molecule has 1 saturated heterocycles. The van der Waals surface area contributed by atoms with Crippen molar-refractivity contribution in [2.45, 2.75) is 19.9 Å². The van der Waals surface area contributed by atoms with Crippen molar-refractivity contribution in [1.29, 1.82) is 0 Å². The van der Waals surface area contributed by atoms with Crippen LogP contribution in [-0.2, 0) is 6.54 Å². The third-order valence-electron chi connectivity index (χ3n) is 3.65. The number of aromatic nitrogens is 4. The Hall–Kier alpha value is -1.69. The number of hydrogen-bond acceptors (Lipinski definition) is 5. The van der Waals surface area contributed by atoms with Crippen LogP contribution in [0.5, 0.6) is 0 Å². The smallest absolute Gasteiger partial charge is 0.163 e. The normalized spacial score (nSPS) is 17.3. The molecule has 6 heteroatoms. The highest BCUT2D eigenvalue weighted by Gasteiger charge is 2.19. The summed E-state index contributed by atoms with van der Waals surface area (Å²) in [6, 6.07) is 0. The number of piperazine rings is 1. The molecule has 1 aliphatic rings. The van der Waals surface area contributed by atoms with Gasteiger partial charge in [0, 0.05) is 32.7 Å². The quantitative estimate of drug-likeness (QED) is 0.823. The van der Waals surface area contributed by atoms with E-state index in [0.717, 1.165) is 56.0 Å². The van der Waals surface area contributed by atoms with Gasteiger partial charge in [0.15, 0.2) is 5.65 Å². The van der Waals surface area contributed by atoms with Gasteiger partial charge in [0.2, 0.25) is 0 Å². The Morgan fingerprint density at radius 1 is 1.16 bits per heavy atom. The lowest BCUT2D eigenvalue weighted by Crippen LogP contribution is -2.44. The molecule has 102 valence electrons. The van der Waals surface area contributed by atoms with Crippen molar-refractivity contribution in [3.05, 3.63) is 12.5 Å². The van der Waals surface area contributed by atoms with Crippen molar-refractivity contribution in [1.82, 2.24) is 24.6 Å². The largest absolute Gasteiger partial charge is 0.353 e. The lowest BCUT2D eigenvalue weighted by Gasteiger charge is -2.33. The second-order valence-corrected chi connectivity index (χ2v) is 5.09. The number of aryl methyl sites for hydroxylation is 1. The molecule has 2 aromatic heterocycles. The van der Waals surface area contributed by atoms with Crippen molar-refractivity contribution in [3.63, 3.8) is 0 Å². The summed E-state index contributed by atoms with van der Waals surface area (Å²) in [5, 5.41) is 5.50. The Morgan fingerprint density at radius 2 is 1.95 bits per heavy atom. The molecule has 1 fully saturated rings. The fraction of sp³-hybridized carbons (Fsp3) is 0.615. The Balaban J connectivity index is 1.95. The van der Waals surface area contributed by atoms with Crippen molar-refractivity contribution in [3.8, 4) is 0 Å². The number of nitrogens with zero attached hydrogens (tertiary/aromatic N) is 6. The van der Waals surface area contributed by atoms with Crippen LogP contribution in [0.15, 0.2) is 12.5 Å². The second kappa shape index (κ2) is 5.13. The number of hydrogen-bond donors (Lipinski definition) is 0. The Kier molecular flexibility index (Phi) is 3.33. The predicted octanol–water partition coefficient (Wildman–Crippen LogP) is 0.988. The molecule has 0 bridgehead atoms. The molecule has 0 aliphatic carbocycles. The van der Waals surface area contributed by atoms with Gasteiger partial charge in [-0.3, -0.25) is 0 Å². The molecule has 0 atom stereocenters. The predicted molar refractivity (Wildman–Crippen MR) is 75.3 cm³/mol. The van der Waals surface area contributed by atoms with Gasteiger partial charge in [-0.25, -0.2) is 14.6 Å². The zero-order valence-electron chi connectivity index (χ0n) is 11.6. The summed E-state index contributed by atoms with van der Waals surface area (Å²) >= 11 is 0. The topological polar surface area (TPSA) is 50.1 Å². The molecule has 0 unspecified atom stereocenters. The molecule has 1 aliphatic heterocycles. The van der Waals surface area contributed by atoms with Crippen LogP contribution in [0.1, 0.15) is 13.3 Å². The van der Waals surface area contributed by atoms with E-state index in [1.54, 1.807) is 6.33 Å². The van der Waals surface area contributed by atoms with E-state index in [-0.39, 0.29) is 0 Å². The van der Waals surface area contributed by atoms with E-state index in [1.807, 2.05) is 10.9 Å². The maximum atomic E-state index is 4.47. The standard InChI is InChI=1S/C13H20N6/c1-3-4-19-13-11(9-16-19)12(14-10-15-13)18-7-5-17(2)6-8-18/h9-10H,3-8H2,1-2H3. The molecule has 0 amide bonds. The van der Waals surface area contributed by atoms with Gasteiger partial charge in [-0.15, -0.1) is 0 Å². The van der Waals surface area contributed by atoms with Crippen LogP contribution < -0.4 is 4.90 Å². The number of rotatable bonds is 3. The van der Waals surface area contributed by atoms with Gasteiger partial charge in [0.05, 0.1) is 11.6 Å². The molecular weight excluding hydrogens is 240 g/mol. The zero-order valence-corrected chi connectivity index (χ0v) is 11.6. The van der Waals surface area contributed by atoms with Crippen LogP contribution in [0, 0.1) is 0 Å². The van der Waals surface area contributed by atoms with Gasteiger partial charge in [-0.2, -0.15) is 5.10 Å². The first-order valence-corrected chi connectivity index (χ1v) is 6.89. The van der Waals surface area contributed by atoms with Gasteiger partial charge < -0.3 is 9.80 Å². The van der Waals surface area contributed by atoms with E-state index < -0.39 is 0 Å². The van der Waals surface area contributed by atoms with Crippen LogP contribution in [0.2, 0.25) is 0 Å². The Bertz CT molecular complexity index is 555. The second-order valence-electron chi connectivity index (χ2n) is 5.09. The zero-order chi connectivity index (χ0) is 13.2. The number of anilines is 1. The first-order valence-electron chi connectivity index (χ1n) is 6.89.